The standard InChI is InChI=1S/C9H15NO/c1-3-6-4-9(2)5-7(6)10-8(9)11/h6-7H,3-5H2,1-2H3,(H,10,11). The Hall–Kier alpha value is -0.530. The van der Waals surface area contributed by atoms with Crippen molar-refractivity contribution in [3.63, 3.8) is 0 Å². The average Bonchev–Trinajstić information content (AvgIpc) is 2.40. The van der Waals surface area contributed by atoms with Gasteiger partial charge in [0.1, 0.15) is 0 Å². The largest absolute Gasteiger partial charge is 0.353 e. The highest BCUT2D eigenvalue weighted by atomic mass is 16.2. The van der Waals surface area contributed by atoms with Crippen LogP contribution in [0.15, 0.2) is 0 Å². The second-order valence-electron chi connectivity index (χ2n) is 4.22. The molecule has 0 aromatic rings. The lowest BCUT2D eigenvalue weighted by Gasteiger charge is -2.25. The van der Waals surface area contributed by atoms with Crippen molar-refractivity contribution in [2.75, 3.05) is 0 Å². The fourth-order valence-electron chi connectivity index (χ4n) is 2.58. The molecule has 1 saturated carbocycles. The zero-order valence-electron chi connectivity index (χ0n) is 7.18. The van der Waals surface area contributed by atoms with Crippen molar-refractivity contribution in [3.05, 3.63) is 0 Å². The van der Waals surface area contributed by atoms with Crippen LogP contribution in [0.5, 0.6) is 0 Å². The molecule has 62 valence electrons. The van der Waals surface area contributed by atoms with Crippen molar-refractivity contribution in [3.8, 4) is 0 Å². The topological polar surface area (TPSA) is 29.1 Å². The monoisotopic (exact) mass is 153 g/mol. The van der Waals surface area contributed by atoms with Gasteiger partial charge in [0, 0.05) is 11.5 Å². The summed E-state index contributed by atoms with van der Waals surface area (Å²) in [6.07, 6.45) is 3.39. The van der Waals surface area contributed by atoms with Gasteiger partial charge in [0.25, 0.3) is 0 Å². The fraction of sp³-hybridized carbons (Fsp3) is 0.889. The van der Waals surface area contributed by atoms with Crippen LogP contribution in [0.1, 0.15) is 33.1 Å². The van der Waals surface area contributed by atoms with Crippen LogP contribution >= 0.6 is 0 Å². The summed E-state index contributed by atoms with van der Waals surface area (Å²) < 4.78 is 0. The second kappa shape index (κ2) is 1.99. The Bertz CT molecular complexity index is 202. The van der Waals surface area contributed by atoms with Gasteiger partial charge in [-0.25, -0.2) is 0 Å². The Kier molecular flexibility index (Phi) is 1.29. The Morgan fingerprint density at radius 2 is 2.36 bits per heavy atom. The van der Waals surface area contributed by atoms with Gasteiger partial charge < -0.3 is 5.32 Å². The van der Waals surface area contributed by atoms with E-state index in [-0.39, 0.29) is 11.3 Å². The molecule has 1 saturated heterocycles. The number of piperidine rings is 1. The number of fused-ring (bicyclic) bond motifs is 2. The predicted octanol–water partition coefficient (Wildman–Crippen LogP) is 1.31. The van der Waals surface area contributed by atoms with Crippen LogP contribution in [-0.2, 0) is 4.79 Å². The van der Waals surface area contributed by atoms with Gasteiger partial charge in [0.05, 0.1) is 0 Å². The number of nitrogens with one attached hydrogen (secondary N) is 1. The quantitative estimate of drug-likeness (QED) is 0.604. The van der Waals surface area contributed by atoms with Crippen molar-refractivity contribution in [2.45, 2.75) is 39.2 Å². The molecule has 1 aliphatic heterocycles. The Morgan fingerprint density at radius 1 is 1.64 bits per heavy atom. The second-order valence-corrected chi connectivity index (χ2v) is 4.22. The molecule has 0 aromatic carbocycles. The summed E-state index contributed by atoms with van der Waals surface area (Å²) in [4.78, 5) is 11.3. The van der Waals surface area contributed by atoms with Crippen LogP contribution in [0.25, 0.3) is 0 Å². The van der Waals surface area contributed by atoms with E-state index in [0.717, 1.165) is 18.8 Å². The van der Waals surface area contributed by atoms with Crippen LogP contribution < -0.4 is 5.32 Å². The van der Waals surface area contributed by atoms with Crippen LogP contribution in [0, 0.1) is 11.3 Å². The highest BCUT2D eigenvalue weighted by Crippen LogP contribution is 2.47. The Balaban J connectivity index is 2.20. The first-order valence-electron chi connectivity index (χ1n) is 4.47. The summed E-state index contributed by atoms with van der Waals surface area (Å²) in [5.74, 6) is 1.03. The third-order valence-electron chi connectivity index (χ3n) is 3.34. The minimum atomic E-state index is -0.00859. The number of amides is 1. The van der Waals surface area contributed by atoms with Crippen LogP contribution in [0.4, 0.5) is 0 Å². The van der Waals surface area contributed by atoms with Gasteiger partial charge in [0.2, 0.25) is 5.91 Å². The summed E-state index contributed by atoms with van der Waals surface area (Å²) in [6, 6.07) is 0.498. The van der Waals surface area contributed by atoms with Gasteiger partial charge in [-0.1, -0.05) is 20.3 Å². The third kappa shape index (κ3) is 0.815. The molecule has 1 N–H and O–H groups in total. The molecule has 2 heteroatoms. The molecule has 0 spiro atoms. The molecule has 1 amide bonds. The Morgan fingerprint density at radius 3 is 2.73 bits per heavy atom. The lowest BCUT2D eigenvalue weighted by atomic mass is 9.86. The highest BCUT2D eigenvalue weighted by molar-refractivity contribution is 5.86. The first-order valence-corrected chi connectivity index (χ1v) is 4.47. The lowest BCUT2D eigenvalue weighted by Crippen LogP contribution is -2.40. The van der Waals surface area contributed by atoms with Crippen LogP contribution in [0.2, 0.25) is 0 Å². The number of hydrogen-bond acceptors (Lipinski definition) is 1. The molecule has 2 aliphatic rings. The average molecular weight is 153 g/mol. The molecule has 2 bridgehead atoms. The smallest absolute Gasteiger partial charge is 0.226 e. The summed E-state index contributed by atoms with van der Waals surface area (Å²) in [6.45, 7) is 4.30. The molecular weight excluding hydrogens is 138 g/mol. The van der Waals surface area contributed by atoms with Gasteiger partial charge in [-0.3, -0.25) is 4.79 Å². The van der Waals surface area contributed by atoms with Crippen molar-refractivity contribution >= 4 is 5.91 Å². The molecule has 11 heavy (non-hydrogen) atoms. The summed E-state index contributed by atoms with van der Waals surface area (Å²) >= 11 is 0. The van der Waals surface area contributed by atoms with Crippen molar-refractivity contribution in [1.82, 2.24) is 5.32 Å². The van der Waals surface area contributed by atoms with E-state index in [1.807, 2.05) is 0 Å². The molecule has 0 radical (unpaired) electrons. The first kappa shape index (κ1) is 7.14. The van der Waals surface area contributed by atoms with E-state index >= 15 is 0 Å². The van der Waals surface area contributed by atoms with E-state index in [9.17, 15) is 4.79 Å². The summed E-state index contributed by atoms with van der Waals surface area (Å²) in [5.41, 5.74) is -0.00859. The van der Waals surface area contributed by atoms with E-state index in [2.05, 4.69) is 19.2 Å². The van der Waals surface area contributed by atoms with E-state index < -0.39 is 0 Å². The third-order valence-corrected chi connectivity index (χ3v) is 3.34. The van der Waals surface area contributed by atoms with Gasteiger partial charge in [0.15, 0.2) is 0 Å². The summed E-state index contributed by atoms with van der Waals surface area (Å²) in [5, 5.41) is 3.06. The molecule has 3 unspecified atom stereocenters. The molecule has 1 aliphatic carbocycles. The van der Waals surface area contributed by atoms with Gasteiger partial charge >= 0.3 is 0 Å². The van der Waals surface area contributed by atoms with Gasteiger partial charge in [-0.15, -0.1) is 0 Å². The van der Waals surface area contributed by atoms with Crippen molar-refractivity contribution < 1.29 is 4.79 Å². The molecule has 2 rings (SSSR count). The molecular formula is C9H15NO. The number of carbonyl (C=O) groups is 1. The molecule has 1 heterocycles. The molecule has 3 atom stereocenters. The van der Waals surface area contributed by atoms with Crippen molar-refractivity contribution in [2.24, 2.45) is 11.3 Å². The minimum absolute atomic E-state index is 0.00859. The number of rotatable bonds is 1. The van der Waals surface area contributed by atoms with E-state index in [4.69, 9.17) is 0 Å². The summed E-state index contributed by atoms with van der Waals surface area (Å²) in [7, 11) is 0. The maximum Gasteiger partial charge on any atom is 0.226 e. The predicted molar refractivity (Wildman–Crippen MR) is 43.1 cm³/mol. The van der Waals surface area contributed by atoms with Crippen LogP contribution in [0.3, 0.4) is 0 Å². The van der Waals surface area contributed by atoms with Crippen LogP contribution in [-0.4, -0.2) is 11.9 Å². The number of carbonyl (C=O) groups excluding carboxylic acids is 1. The van der Waals surface area contributed by atoms with E-state index in [0.29, 0.717) is 6.04 Å². The normalized spacial score (nSPS) is 48.0. The molecule has 2 nitrogen and oxygen atoms in total. The molecule has 0 aromatic heterocycles. The Labute approximate surface area is 67.4 Å². The zero-order chi connectivity index (χ0) is 8.06. The lowest BCUT2D eigenvalue weighted by molar-refractivity contribution is -0.128. The van der Waals surface area contributed by atoms with Crippen molar-refractivity contribution in [1.29, 1.82) is 0 Å². The highest BCUT2D eigenvalue weighted by Gasteiger charge is 2.52. The maximum atomic E-state index is 11.3. The fourth-order valence-corrected chi connectivity index (χ4v) is 2.58. The van der Waals surface area contributed by atoms with E-state index in [1.54, 1.807) is 0 Å². The SMILES string of the molecule is CCC1CC2(C)CC1NC2=O. The number of hydrogen-bond donors (Lipinski definition) is 1. The van der Waals surface area contributed by atoms with E-state index in [1.165, 1.54) is 6.42 Å². The van der Waals surface area contributed by atoms with Gasteiger partial charge in [-0.05, 0) is 18.8 Å². The zero-order valence-corrected chi connectivity index (χ0v) is 7.18. The minimum Gasteiger partial charge on any atom is -0.353 e. The first-order chi connectivity index (χ1) is 5.15. The van der Waals surface area contributed by atoms with Gasteiger partial charge in [-0.2, -0.15) is 0 Å². The maximum absolute atomic E-state index is 11.3. The molecule has 2 fully saturated rings.